The number of benzene rings is 1. The van der Waals surface area contributed by atoms with Gasteiger partial charge in [-0.15, -0.1) is 0 Å². The van der Waals surface area contributed by atoms with E-state index in [2.05, 4.69) is 0 Å². The molecule has 1 aliphatic rings. The molecule has 1 aromatic rings. The number of carboxylic acid groups (broad SMARTS) is 1. The van der Waals surface area contributed by atoms with Gasteiger partial charge in [0.25, 0.3) is 0 Å². The van der Waals surface area contributed by atoms with Crippen molar-refractivity contribution in [2.45, 2.75) is 25.9 Å². The molecule has 0 radical (unpaired) electrons. The zero-order valence-electron chi connectivity index (χ0n) is 10.9. The average Bonchev–Trinajstić information content (AvgIpc) is 2.69. The first-order chi connectivity index (χ1) is 9.08. The summed E-state index contributed by atoms with van der Waals surface area (Å²) in [6.45, 7) is 3.29. The van der Waals surface area contributed by atoms with Crippen molar-refractivity contribution in [2.24, 2.45) is 0 Å². The minimum atomic E-state index is -0.838. The van der Waals surface area contributed by atoms with Crippen LogP contribution in [0.3, 0.4) is 0 Å². The summed E-state index contributed by atoms with van der Waals surface area (Å²) < 4.78 is 18.8. The lowest BCUT2D eigenvalue weighted by Crippen LogP contribution is -2.38. The molecule has 1 aromatic carbocycles. The monoisotopic (exact) mass is 267 g/mol. The molecule has 1 atom stereocenters. The first kappa shape index (κ1) is 13.8. The molecule has 4 nitrogen and oxygen atoms in total. The van der Waals surface area contributed by atoms with Crippen molar-refractivity contribution < 1.29 is 19.0 Å². The van der Waals surface area contributed by atoms with Crippen LogP contribution in [0.25, 0.3) is 0 Å². The van der Waals surface area contributed by atoms with Gasteiger partial charge in [0.05, 0.1) is 6.54 Å². The molecule has 0 spiro atoms. The number of ether oxygens (including phenoxy) is 1. The van der Waals surface area contributed by atoms with Gasteiger partial charge >= 0.3 is 5.97 Å². The van der Waals surface area contributed by atoms with E-state index in [4.69, 9.17) is 9.84 Å². The van der Waals surface area contributed by atoms with Crippen LogP contribution in [0.2, 0.25) is 0 Å². The molecule has 0 aromatic heterocycles. The Bertz CT molecular complexity index is 464. The third-order valence-corrected chi connectivity index (χ3v) is 3.12. The molecule has 5 heteroatoms. The van der Waals surface area contributed by atoms with Crippen molar-refractivity contribution in [3.8, 4) is 5.75 Å². The maximum absolute atomic E-state index is 13.1. The highest BCUT2D eigenvalue weighted by Gasteiger charge is 2.25. The van der Waals surface area contributed by atoms with Gasteiger partial charge in [-0.2, -0.15) is 0 Å². The topological polar surface area (TPSA) is 49.8 Å². The Labute approximate surface area is 111 Å². The molecule has 1 heterocycles. The van der Waals surface area contributed by atoms with Gasteiger partial charge in [0.2, 0.25) is 0 Å². The van der Waals surface area contributed by atoms with E-state index in [0.29, 0.717) is 18.7 Å². The molecule has 0 fully saturated rings. The number of nitrogens with zero attached hydrogens (tertiary/aromatic N) is 1. The van der Waals surface area contributed by atoms with Crippen LogP contribution >= 0.6 is 0 Å². The maximum Gasteiger partial charge on any atom is 0.317 e. The second-order valence-corrected chi connectivity index (χ2v) is 4.82. The molecule has 0 amide bonds. The van der Waals surface area contributed by atoms with E-state index >= 15 is 0 Å². The van der Waals surface area contributed by atoms with Crippen LogP contribution in [0.15, 0.2) is 18.2 Å². The minimum absolute atomic E-state index is 0.0123. The Balaban J connectivity index is 1.95. The Kier molecular flexibility index (Phi) is 4.37. The molecule has 1 aliphatic heterocycles. The van der Waals surface area contributed by atoms with Gasteiger partial charge in [-0.1, -0.05) is 6.92 Å². The standard InChI is InChI=1S/C14H18FNO3/c1-2-5-16(9-14(17)18)8-12-7-10-6-11(15)3-4-13(10)19-12/h3-4,6,12H,2,5,7-9H2,1H3,(H,17,18). The number of carbonyl (C=O) groups is 1. The highest BCUT2D eigenvalue weighted by Crippen LogP contribution is 2.29. The largest absolute Gasteiger partial charge is 0.488 e. The zero-order valence-corrected chi connectivity index (χ0v) is 10.9. The molecule has 0 saturated heterocycles. The van der Waals surface area contributed by atoms with Gasteiger partial charge in [0.15, 0.2) is 0 Å². The number of aliphatic carboxylic acids is 1. The minimum Gasteiger partial charge on any atom is -0.488 e. The molecular weight excluding hydrogens is 249 g/mol. The van der Waals surface area contributed by atoms with Gasteiger partial charge in [-0.3, -0.25) is 9.69 Å². The van der Waals surface area contributed by atoms with Crippen molar-refractivity contribution in [1.82, 2.24) is 4.90 Å². The number of hydrogen-bond donors (Lipinski definition) is 1. The maximum atomic E-state index is 13.1. The Hall–Kier alpha value is -1.62. The quantitative estimate of drug-likeness (QED) is 0.855. The molecule has 1 unspecified atom stereocenters. The number of fused-ring (bicyclic) bond motifs is 1. The van der Waals surface area contributed by atoms with Gasteiger partial charge < -0.3 is 9.84 Å². The van der Waals surface area contributed by atoms with Crippen molar-refractivity contribution in [3.63, 3.8) is 0 Å². The number of carboxylic acids is 1. The Morgan fingerprint density at radius 1 is 1.58 bits per heavy atom. The lowest BCUT2D eigenvalue weighted by atomic mass is 10.1. The lowest BCUT2D eigenvalue weighted by molar-refractivity contribution is -0.138. The Morgan fingerprint density at radius 2 is 2.37 bits per heavy atom. The lowest BCUT2D eigenvalue weighted by Gasteiger charge is -2.22. The van der Waals surface area contributed by atoms with E-state index in [9.17, 15) is 9.18 Å². The molecule has 104 valence electrons. The molecule has 1 N–H and O–H groups in total. The summed E-state index contributed by atoms with van der Waals surface area (Å²) in [4.78, 5) is 12.6. The van der Waals surface area contributed by atoms with Gasteiger partial charge in [-0.25, -0.2) is 4.39 Å². The van der Waals surface area contributed by atoms with E-state index in [-0.39, 0.29) is 18.5 Å². The summed E-state index contributed by atoms with van der Waals surface area (Å²) in [5.41, 5.74) is 0.858. The average molecular weight is 267 g/mol. The predicted molar refractivity (Wildman–Crippen MR) is 68.9 cm³/mol. The second kappa shape index (κ2) is 6.02. The van der Waals surface area contributed by atoms with Crippen LogP contribution < -0.4 is 4.74 Å². The van der Waals surface area contributed by atoms with Crippen LogP contribution in [0.1, 0.15) is 18.9 Å². The SMILES string of the molecule is CCCN(CC(=O)O)CC1Cc2cc(F)ccc2O1. The third-order valence-electron chi connectivity index (χ3n) is 3.12. The van der Waals surface area contributed by atoms with Crippen molar-refractivity contribution in [1.29, 1.82) is 0 Å². The smallest absolute Gasteiger partial charge is 0.317 e. The summed E-state index contributed by atoms with van der Waals surface area (Å²) in [5.74, 6) is -0.396. The fourth-order valence-corrected chi connectivity index (χ4v) is 2.42. The summed E-state index contributed by atoms with van der Waals surface area (Å²) in [6.07, 6.45) is 1.43. The highest BCUT2D eigenvalue weighted by atomic mass is 19.1. The van der Waals surface area contributed by atoms with Crippen molar-refractivity contribution in [2.75, 3.05) is 19.6 Å². The van der Waals surface area contributed by atoms with Gasteiger partial charge in [-0.05, 0) is 31.2 Å². The van der Waals surface area contributed by atoms with E-state index in [1.54, 1.807) is 6.07 Å². The van der Waals surface area contributed by atoms with Gasteiger partial charge in [0.1, 0.15) is 17.7 Å². The summed E-state index contributed by atoms with van der Waals surface area (Å²) in [6, 6.07) is 4.49. The van der Waals surface area contributed by atoms with Crippen LogP contribution in [-0.2, 0) is 11.2 Å². The molecule has 19 heavy (non-hydrogen) atoms. The summed E-state index contributed by atoms with van der Waals surface area (Å²) >= 11 is 0. The number of halogens is 1. The van der Waals surface area contributed by atoms with E-state index in [0.717, 1.165) is 18.5 Å². The molecule has 0 aliphatic carbocycles. The number of hydrogen-bond acceptors (Lipinski definition) is 3. The molecule has 2 rings (SSSR count). The van der Waals surface area contributed by atoms with E-state index in [1.165, 1.54) is 12.1 Å². The van der Waals surface area contributed by atoms with Crippen molar-refractivity contribution in [3.05, 3.63) is 29.6 Å². The van der Waals surface area contributed by atoms with Crippen molar-refractivity contribution >= 4 is 5.97 Å². The second-order valence-electron chi connectivity index (χ2n) is 4.82. The van der Waals surface area contributed by atoms with Crippen LogP contribution in [0, 0.1) is 5.82 Å². The summed E-state index contributed by atoms with van der Waals surface area (Å²) in [5, 5.41) is 8.86. The first-order valence-electron chi connectivity index (χ1n) is 6.47. The predicted octanol–water partition coefficient (Wildman–Crippen LogP) is 1.93. The normalized spacial score (nSPS) is 17.3. The zero-order chi connectivity index (χ0) is 13.8. The van der Waals surface area contributed by atoms with E-state index < -0.39 is 5.97 Å². The Morgan fingerprint density at radius 3 is 3.05 bits per heavy atom. The summed E-state index contributed by atoms with van der Waals surface area (Å²) in [7, 11) is 0. The fourth-order valence-electron chi connectivity index (χ4n) is 2.42. The van der Waals surface area contributed by atoms with E-state index in [1.807, 2.05) is 11.8 Å². The van der Waals surface area contributed by atoms with Crippen LogP contribution in [0.5, 0.6) is 5.75 Å². The highest BCUT2D eigenvalue weighted by molar-refractivity contribution is 5.69. The van der Waals surface area contributed by atoms with Crippen LogP contribution in [-0.4, -0.2) is 41.7 Å². The van der Waals surface area contributed by atoms with Crippen LogP contribution in [0.4, 0.5) is 4.39 Å². The number of rotatable bonds is 6. The first-order valence-corrected chi connectivity index (χ1v) is 6.47. The fraction of sp³-hybridized carbons (Fsp3) is 0.500. The molecular formula is C14H18FNO3. The molecule has 0 saturated carbocycles. The molecule has 0 bridgehead atoms. The van der Waals surface area contributed by atoms with Gasteiger partial charge in [0, 0.05) is 18.5 Å². The third kappa shape index (κ3) is 3.67.